The van der Waals surface area contributed by atoms with Crippen LogP contribution in [0.4, 0.5) is 5.82 Å². The number of benzene rings is 1. The molecule has 0 aliphatic carbocycles. The quantitative estimate of drug-likeness (QED) is 0.528. The Hall–Kier alpha value is -3.39. The molecule has 3 heterocycles. The van der Waals surface area contributed by atoms with Gasteiger partial charge in [-0.2, -0.15) is 0 Å². The molecule has 0 N–H and O–H groups in total. The molecule has 1 aliphatic rings. The van der Waals surface area contributed by atoms with Gasteiger partial charge in [0.1, 0.15) is 6.54 Å². The van der Waals surface area contributed by atoms with E-state index >= 15 is 0 Å². The molecule has 0 saturated carbocycles. The second-order valence-electron chi connectivity index (χ2n) is 7.83. The van der Waals surface area contributed by atoms with Crippen molar-refractivity contribution in [2.24, 2.45) is 0 Å². The normalized spacial score (nSPS) is 13.8. The smallest absolute Gasteiger partial charge is 0.290 e. The molecule has 4 rings (SSSR count). The van der Waals surface area contributed by atoms with E-state index in [0.717, 1.165) is 23.5 Å². The van der Waals surface area contributed by atoms with E-state index in [-0.39, 0.29) is 24.1 Å². The number of piperazine rings is 1. The number of carbonyl (C=O) groups excluding carboxylic acids is 2. The zero-order valence-corrected chi connectivity index (χ0v) is 19.2. The van der Waals surface area contributed by atoms with Crippen LogP contribution in [0.1, 0.15) is 23.9 Å². The Morgan fingerprint density at radius 3 is 2.45 bits per heavy atom. The summed E-state index contributed by atoms with van der Waals surface area (Å²) < 4.78 is 5.21. The van der Waals surface area contributed by atoms with Gasteiger partial charge >= 0.3 is 0 Å². The number of hydrogen-bond donors (Lipinski definition) is 0. The molecule has 1 aliphatic heterocycles. The zero-order chi connectivity index (χ0) is 23.2. The Balaban J connectivity index is 1.34. The van der Waals surface area contributed by atoms with Crippen LogP contribution in [-0.2, 0) is 4.79 Å². The first-order chi connectivity index (χ1) is 16.1. The highest BCUT2D eigenvalue weighted by atomic mass is 35.5. The second-order valence-corrected chi connectivity index (χ2v) is 8.24. The fraction of sp³-hybridized carbons (Fsp3) is 0.333. The molecule has 0 radical (unpaired) electrons. The minimum absolute atomic E-state index is 0.0414. The molecule has 1 aromatic carbocycles. The number of anilines is 1. The molecular weight excluding hydrogens is 442 g/mol. The average molecular weight is 468 g/mol. The highest BCUT2D eigenvalue weighted by Gasteiger charge is 2.26. The number of rotatable bonds is 7. The largest absolute Gasteiger partial charge is 0.459 e. The summed E-state index contributed by atoms with van der Waals surface area (Å²) in [5, 5.41) is 9.33. The third-order valence-corrected chi connectivity index (χ3v) is 5.93. The highest BCUT2D eigenvalue weighted by molar-refractivity contribution is 6.33. The van der Waals surface area contributed by atoms with Crippen LogP contribution < -0.4 is 4.90 Å². The van der Waals surface area contributed by atoms with Gasteiger partial charge in [0.15, 0.2) is 11.6 Å². The number of carbonyl (C=O) groups is 2. The average Bonchev–Trinajstić information content (AvgIpc) is 3.39. The molecule has 9 heteroatoms. The van der Waals surface area contributed by atoms with E-state index in [9.17, 15) is 9.59 Å². The Morgan fingerprint density at radius 1 is 1.03 bits per heavy atom. The third-order valence-electron chi connectivity index (χ3n) is 5.60. The minimum Gasteiger partial charge on any atom is -0.459 e. The van der Waals surface area contributed by atoms with Crippen LogP contribution in [0.15, 0.2) is 59.2 Å². The van der Waals surface area contributed by atoms with E-state index in [1.54, 1.807) is 21.9 Å². The second kappa shape index (κ2) is 10.5. The fourth-order valence-electron chi connectivity index (χ4n) is 3.83. The lowest BCUT2D eigenvalue weighted by Crippen LogP contribution is -2.52. The van der Waals surface area contributed by atoms with E-state index < -0.39 is 0 Å². The van der Waals surface area contributed by atoms with Gasteiger partial charge in [0, 0.05) is 38.3 Å². The van der Waals surface area contributed by atoms with E-state index in [4.69, 9.17) is 16.0 Å². The van der Waals surface area contributed by atoms with Crippen molar-refractivity contribution in [3.63, 3.8) is 0 Å². The first-order valence-corrected chi connectivity index (χ1v) is 11.4. The van der Waals surface area contributed by atoms with Crippen LogP contribution in [0.5, 0.6) is 0 Å². The Bertz CT molecular complexity index is 1080. The van der Waals surface area contributed by atoms with Crippen LogP contribution in [0.25, 0.3) is 11.3 Å². The standard InChI is InChI=1S/C24H26ClN5O3/c1-2-11-30(24(32)21-8-5-16-33-21)17-23(31)29-14-12-28(13-15-29)22-10-9-20(26-27-22)18-6-3-4-7-19(18)25/h3-10,16H,2,11-15,17H2,1H3. The zero-order valence-electron chi connectivity index (χ0n) is 18.5. The molecule has 2 amide bonds. The van der Waals surface area contributed by atoms with Gasteiger partial charge in [-0.25, -0.2) is 0 Å². The summed E-state index contributed by atoms with van der Waals surface area (Å²) in [5.74, 6) is 0.685. The van der Waals surface area contributed by atoms with E-state index in [0.29, 0.717) is 37.7 Å². The van der Waals surface area contributed by atoms with Crippen molar-refractivity contribution in [1.82, 2.24) is 20.0 Å². The van der Waals surface area contributed by atoms with E-state index in [1.165, 1.54) is 6.26 Å². The number of hydrogen-bond acceptors (Lipinski definition) is 6. The summed E-state index contributed by atoms with van der Waals surface area (Å²) in [6.07, 6.45) is 2.22. The summed E-state index contributed by atoms with van der Waals surface area (Å²) in [4.78, 5) is 31.0. The van der Waals surface area contributed by atoms with Crippen molar-refractivity contribution in [3.8, 4) is 11.3 Å². The molecule has 1 saturated heterocycles. The molecule has 0 bridgehead atoms. The van der Waals surface area contributed by atoms with Crippen LogP contribution in [-0.4, -0.2) is 71.1 Å². The third kappa shape index (κ3) is 5.34. The van der Waals surface area contributed by atoms with Crippen LogP contribution >= 0.6 is 11.6 Å². The van der Waals surface area contributed by atoms with Crippen LogP contribution in [0.2, 0.25) is 5.02 Å². The summed E-state index contributed by atoms with van der Waals surface area (Å²) >= 11 is 6.25. The van der Waals surface area contributed by atoms with Gasteiger partial charge in [-0.3, -0.25) is 9.59 Å². The van der Waals surface area contributed by atoms with Gasteiger partial charge in [-0.15, -0.1) is 10.2 Å². The molecule has 0 unspecified atom stereocenters. The van der Waals surface area contributed by atoms with E-state index in [2.05, 4.69) is 15.1 Å². The number of nitrogens with zero attached hydrogens (tertiary/aromatic N) is 5. The maximum atomic E-state index is 12.9. The maximum Gasteiger partial charge on any atom is 0.290 e. The summed E-state index contributed by atoms with van der Waals surface area (Å²) in [6.45, 7) is 4.92. The molecule has 33 heavy (non-hydrogen) atoms. The molecule has 3 aromatic rings. The topological polar surface area (TPSA) is 82.8 Å². The van der Waals surface area contributed by atoms with Gasteiger partial charge in [-0.1, -0.05) is 36.7 Å². The van der Waals surface area contributed by atoms with E-state index in [1.807, 2.05) is 43.3 Å². The van der Waals surface area contributed by atoms with Crippen LogP contribution in [0, 0.1) is 0 Å². The Labute approximate surface area is 197 Å². The van der Waals surface area contributed by atoms with Crippen molar-refractivity contribution in [2.45, 2.75) is 13.3 Å². The van der Waals surface area contributed by atoms with Crippen molar-refractivity contribution < 1.29 is 14.0 Å². The van der Waals surface area contributed by atoms with Gasteiger partial charge in [-0.05, 0) is 36.8 Å². The van der Waals surface area contributed by atoms with Crippen molar-refractivity contribution in [1.29, 1.82) is 0 Å². The van der Waals surface area contributed by atoms with Gasteiger partial charge in [0.2, 0.25) is 5.91 Å². The summed E-state index contributed by atoms with van der Waals surface area (Å²) in [6, 6.07) is 14.6. The van der Waals surface area contributed by atoms with Gasteiger partial charge in [0.05, 0.1) is 17.0 Å². The molecule has 2 aromatic heterocycles. The monoisotopic (exact) mass is 467 g/mol. The van der Waals surface area contributed by atoms with Crippen molar-refractivity contribution >= 4 is 29.2 Å². The Kier molecular flexibility index (Phi) is 7.24. The van der Waals surface area contributed by atoms with Crippen molar-refractivity contribution in [3.05, 3.63) is 65.6 Å². The lowest BCUT2D eigenvalue weighted by atomic mass is 10.1. The number of amides is 2. The molecule has 0 spiro atoms. The highest BCUT2D eigenvalue weighted by Crippen LogP contribution is 2.26. The Morgan fingerprint density at radius 2 is 1.82 bits per heavy atom. The molecule has 1 fully saturated rings. The predicted molar refractivity (Wildman–Crippen MR) is 126 cm³/mol. The maximum absolute atomic E-state index is 12.9. The van der Waals surface area contributed by atoms with Gasteiger partial charge in [0.25, 0.3) is 5.91 Å². The first kappa shape index (κ1) is 22.8. The fourth-order valence-corrected chi connectivity index (χ4v) is 4.07. The number of halogens is 1. The molecule has 8 nitrogen and oxygen atoms in total. The lowest BCUT2D eigenvalue weighted by molar-refractivity contribution is -0.132. The first-order valence-electron chi connectivity index (χ1n) is 11.0. The van der Waals surface area contributed by atoms with Crippen molar-refractivity contribution in [2.75, 3.05) is 44.2 Å². The predicted octanol–water partition coefficient (Wildman–Crippen LogP) is 3.59. The van der Waals surface area contributed by atoms with Crippen LogP contribution in [0.3, 0.4) is 0 Å². The molecule has 172 valence electrons. The number of furan rings is 1. The minimum atomic E-state index is -0.261. The number of aromatic nitrogens is 2. The molecular formula is C24H26ClN5O3. The summed E-state index contributed by atoms with van der Waals surface area (Å²) in [5.41, 5.74) is 1.56. The molecule has 0 atom stereocenters. The summed E-state index contributed by atoms with van der Waals surface area (Å²) in [7, 11) is 0. The SMILES string of the molecule is CCCN(CC(=O)N1CCN(c2ccc(-c3ccccc3Cl)nn2)CC1)C(=O)c1ccco1. The van der Waals surface area contributed by atoms with Gasteiger partial charge < -0.3 is 19.1 Å². The lowest BCUT2D eigenvalue weighted by Gasteiger charge is -2.36.